The molecule has 1 aromatic heterocycles. The van der Waals surface area contributed by atoms with Crippen LogP contribution in [0.25, 0.3) is 0 Å². The van der Waals surface area contributed by atoms with E-state index in [-0.39, 0.29) is 6.04 Å². The molecular weight excluding hydrogens is 236 g/mol. The molecule has 0 saturated heterocycles. The van der Waals surface area contributed by atoms with Gasteiger partial charge >= 0.3 is 0 Å². The van der Waals surface area contributed by atoms with Crippen LogP contribution in [0.15, 0.2) is 42.7 Å². The molecule has 1 aromatic carbocycles. The lowest BCUT2D eigenvalue weighted by atomic mass is 10.1. The second kappa shape index (κ2) is 5.15. The average Bonchev–Trinajstić information content (AvgIpc) is 3.10. The van der Waals surface area contributed by atoms with Gasteiger partial charge in [-0.25, -0.2) is 10.4 Å². The number of hydrogen-bond donors (Lipinski definition) is 2. The normalized spacial score (nSPS) is 23.3. The van der Waals surface area contributed by atoms with Gasteiger partial charge in [0.05, 0.1) is 6.04 Å². The molecule has 0 bridgehead atoms. The number of imidazole rings is 1. The van der Waals surface area contributed by atoms with Gasteiger partial charge in [0.15, 0.2) is 0 Å². The number of rotatable bonds is 5. The van der Waals surface area contributed by atoms with E-state index < -0.39 is 0 Å². The SMILES string of the molecule is CCn1ccnc1C(NN)C1CC1c1ccccc1. The zero-order valence-electron chi connectivity index (χ0n) is 11.2. The summed E-state index contributed by atoms with van der Waals surface area (Å²) in [6.45, 7) is 3.05. The maximum Gasteiger partial charge on any atom is 0.127 e. The maximum absolute atomic E-state index is 5.77. The molecule has 1 fully saturated rings. The Bertz CT molecular complexity index is 534. The van der Waals surface area contributed by atoms with Gasteiger partial charge in [-0.3, -0.25) is 5.84 Å². The molecule has 3 rings (SSSR count). The minimum absolute atomic E-state index is 0.139. The van der Waals surface area contributed by atoms with E-state index >= 15 is 0 Å². The van der Waals surface area contributed by atoms with Gasteiger partial charge in [0.2, 0.25) is 0 Å². The Morgan fingerprint density at radius 1 is 1.42 bits per heavy atom. The fraction of sp³-hybridized carbons (Fsp3) is 0.400. The number of hydrogen-bond acceptors (Lipinski definition) is 3. The third-order valence-corrected chi connectivity index (χ3v) is 4.04. The predicted octanol–water partition coefficient (Wildman–Crippen LogP) is 2.21. The minimum Gasteiger partial charge on any atom is -0.334 e. The van der Waals surface area contributed by atoms with Crippen LogP contribution < -0.4 is 11.3 Å². The molecule has 1 saturated carbocycles. The number of nitrogens with two attached hydrogens (primary N) is 1. The van der Waals surface area contributed by atoms with Crippen LogP contribution in [0.3, 0.4) is 0 Å². The molecule has 0 spiro atoms. The summed E-state index contributed by atoms with van der Waals surface area (Å²) in [6.07, 6.45) is 5.04. The highest BCUT2D eigenvalue weighted by Gasteiger charge is 2.45. The summed E-state index contributed by atoms with van der Waals surface area (Å²) in [4.78, 5) is 4.47. The summed E-state index contributed by atoms with van der Waals surface area (Å²) >= 11 is 0. The second-order valence-electron chi connectivity index (χ2n) is 5.13. The third kappa shape index (κ3) is 2.29. The Labute approximate surface area is 113 Å². The number of benzene rings is 1. The van der Waals surface area contributed by atoms with E-state index in [4.69, 9.17) is 5.84 Å². The molecule has 3 unspecified atom stereocenters. The van der Waals surface area contributed by atoms with E-state index in [1.165, 1.54) is 12.0 Å². The number of aryl methyl sites for hydroxylation is 1. The molecule has 0 aliphatic heterocycles. The van der Waals surface area contributed by atoms with E-state index in [0.717, 1.165) is 12.4 Å². The Morgan fingerprint density at radius 3 is 2.89 bits per heavy atom. The standard InChI is InChI=1S/C15H20N4/c1-2-19-9-8-17-15(19)14(18-16)13-10-12(13)11-6-4-3-5-7-11/h3-9,12-14,18H,2,10,16H2,1H3. The van der Waals surface area contributed by atoms with Gasteiger partial charge in [0.25, 0.3) is 0 Å². The van der Waals surface area contributed by atoms with Crippen LogP contribution in [-0.2, 0) is 6.54 Å². The topological polar surface area (TPSA) is 55.9 Å². The zero-order valence-corrected chi connectivity index (χ0v) is 11.2. The van der Waals surface area contributed by atoms with Gasteiger partial charge < -0.3 is 4.57 Å². The predicted molar refractivity (Wildman–Crippen MR) is 75.3 cm³/mol. The van der Waals surface area contributed by atoms with Gasteiger partial charge in [-0.15, -0.1) is 0 Å². The first-order chi connectivity index (χ1) is 9.35. The van der Waals surface area contributed by atoms with Crippen molar-refractivity contribution in [2.45, 2.75) is 31.8 Å². The Hall–Kier alpha value is -1.65. The highest BCUT2D eigenvalue weighted by atomic mass is 15.3. The summed E-state index contributed by atoms with van der Waals surface area (Å²) in [5, 5.41) is 0. The van der Waals surface area contributed by atoms with Crippen molar-refractivity contribution in [2.24, 2.45) is 11.8 Å². The average molecular weight is 256 g/mol. The quantitative estimate of drug-likeness (QED) is 0.637. The first-order valence-electron chi connectivity index (χ1n) is 6.87. The lowest BCUT2D eigenvalue weighted by Gasteiger charge is -2.17. The largest absolute Gasteiger partial charge is 0.334 e. The fourth-order valence-corrected chi connectivity index (χ4v) is 2.92. The van der Waals surface area contributed by atoms with Crippen molar-refractivity contribution < 1.29 is 0 Å². The zero-order chi connectivity index (χ0) is 13.2. The Balaban J connectivity index is 1.79. The lowest BCUT2D eigenvalue weighted by molar-refractivity contribution is 0.444. The first-order valence-corrected chi connectivity index (χ1v) is 6.87. The van der Waals surface area contributed by atoms with Gasteiger partial charge in [0, 0.05) is 18.9 Å². The van der Waals surface area contributed by atoms with Crippen LogP contribution >= 0.6 is 0 Å². The summed E-state index contributed by atoms with van der Waals surface area (Å²) in [6, 6.07) is 10.8. The highest BCUT2D eigenvalue weighted by Crippen LogP contribution is 2.53. The summed E-state index contributed by atoms with van der Waals surface area (Å²) < 4.78 is 2.16. The molecule has 1 aliphatic carbocycles. The van der Waals surface area contributed by atoms with Gasteiger partial charge in [-0.1, -0.05) is 30.3 Å². The van der Waals surface area contributed by atoms with Crippen molar-refractivity contribution in [2.75, 3.05) is 0 Å². The molecule has 4 nitrogen and oxygen atoms in total. The van der Waals surface area contributed by atoms with E-state index in [9.17, 15) is 0 Å². The number of nitrogens with one attached hydrogen (secondary N) is 1. The molecular formula is C15H20N4. The van der Waals surface area contributed by atoms with E-state index in [1.807, 2.05) is 12.4 Å². The van der Waals surface area contributed by atoms with Crippen molar-refractivity contribution in [3.63, 3.8) is 0 Å². The first kappa shape index (κ1) is 12.4. The van der Waals surface area contributed by atoms with Crippen LogP contribution in [0.4, 0.5) is 0 Å². The van der Waals surface area contributed by atoms with Crippen molar-refractivity contribution in [1.29, 1.82) is 0 Å². The van der Waals surface area contributed by atoms with Crippen LogP contribution in [0, 0.1) is 5.92 Å². The molecule has 3 N–H and O–H groups in total. The molecule has 0 radical (unpaired) electrons. The maximum atomic E-state index is 5.77. The lowest BCUT2D eigenvalue weighted by Crippen LogP contribution is -2.32. The highest BCUT2D eigenvalue weighted by molar-refractivity contribution is 5.27. The third-order valence-electron chi connectivity index (χ3n) is 4.04. The van der Waals surface area contributed by atoms with Gasteiger partial charge in [-0.05, 0) is 30.7 Å². The summed E-state index contributed by atoms with van der Waals surface area (Å²) in [7, 11) is 0. The van der Waals surface area contributed by atoms with Crippen LogP contribution in [0.5, 0.6) is 0 Å². The van der Waals surface area contributed by atoms with Gasteiger partial charge in [0.1, 0.15) is 5.82 Å². The number of hydrazine groups is 1. The van der Waals surface area contributed by atoms with Gasteiger partial charge in [-0.2, -0.15) is 0 Å². The summed E-state index contributed by atoms with van der Waals surface area (Å²) in [5.74, 6) is 7.96. The molecule has 19 heavy (non-hydrogen) atoms. The number of aromatic nitrogens is 2. The Kier molecular flexibility index (Phi) is 3.36. The van der Waals surface area contributed by atoms with E-state index in [0.29, 0.717) is 11.8 Å². The smallest absolute Gasteiger partial charge is 0.127 e. The number of nitrogens with zero attached hydrogens (tertiary/aromatic N) is 2. The molecule has 1 aliphatic rings. The van der Waals surface area contributed by atoms with E-state index in [1.54, 1.807) is 0 Å². The summed E-state index contributed by atoms with van der Waals surface area (Å²) in [5.41, 5.74) is 4.36. The molecule has 1 heterocycles. The van der Waals surface area contributed by atoms with Crippen LogP contribution in [-0.4, -0.2) is 9.55 Å². The second-order valence-corrected chi connectivity index (χ2v) is 5.13. The molecule has 0 amide bonds. The molecule has 4 heteroatoms. The minimum atomic E-state index is 0.139. The van der Waals surface area contributed by atoms with Crippen LogP contribution in [0.1, 0.15) is 36.7 Å². The van der Waals surface area contributed by atoms with Crippen molar-refractivity contribution in [3.8, 4) is 0 Å². The Morgan fingerprint density at radius 2 is 2.21 bits per heavy atom. The van der Waals surface area contributed by atoms with Crippen LogP contribution in [0.2, 0.25) is 0 Å². The van der Waals surface area contributed by atoms with Crippen molar-refractivity contribution in [3.05, 3.63) is 54.1 Å². The van der Waals surface area contributed by atoms with E-state index in [2.05, 4.69) is 52.2 Å². The monoisotopic (exact) mass is 256 g/mol. The molecule has 2 aromatic rings. The molecule has 3 atom stereocenters. The fourth-order valence-electron chi connectivity index (χ4n) is 2.92. The molecule has 100 valence electrons. The van der Waals surface area contributed by atoms with Crippen molar-refractivity contribution >= 4 is 0 Å². The van der Waals surface area contributed by atoms with Crippen molar-refractivity contribution in [1.82, 2.24) is 15.0 Å².